The van der Waals surface area contributed by atoms with E-state index in [1.807, 2.05) is 11.0 Å². The molecule has 0 N–H and O–H groups in total. The lowest BCUT2D eigenvalue weighted by Crippen LogP contribution is -2.56. The summed E-state index contributed by atoms with van der Waals surface area (Å²) in [6, 6.07) is 11.4. The SMILES string of the molecule is CC(C)(C)OC(=O)N1CCN(c2ncnc3c(F)c(-c4cccc5ccc(F)cc45)ncc23)C[C@@H]1CC#N. The van der Waals surface area contributed by atoms with Gasteiger partial charge in [-0.2, -0.15) is 5.26 Å². The number of piperazine rings is 1. The van der Waals surface area contributed by atoms with Gasteiger partial charge in [0.25, 0.3) is 0 Å². The Morgan fingerprint density at radius 1 is 1.13 bits per heavy atom. The molecule has 1 fully saturated rings. The first kappa shape index (κ1) is 25.3. The van der Waals surface area contributed by atoms with Crippen LogP contribution in [-0.4, -0.2) is 57.2 Å². The smallest absolute Gasteiger partial charge is 0.410 e. The summed E-state index contributed by atoms with van der Waals surface area (Å²) in [6.07, 6.45) is 2.43. The molecular weight excluding hydrogens is 490 g/mol. The maximum Gasteiger partial charge on any atom is 0.410 e. The zero-order chi connectivity index (χ0) is 27.0. The number of benzene rings is 2. The topological polar surface area (TPSA) is 95.2 Å². The molecule has 0 saturated carbocycles. The second-order valence-electron chi connectivity index (χ2n) is 10.2. The second kappa shape index (κ2) is 9.82. The van der Waals surface area contributed by atoms with Crippen LogP contribution in [0, 0.1) is 23.0 Å². The number of halogens is 2. The number of nitriles is 1. The van der Waals surface area contributed by atoms with Crippen LogP contribution in [0.3, 0.4) is 0 Å². The molecule has 8 nitrogen and oxygen atoms in total. The van der Waals surface area contributed by atoms with E-state index in [2.05, 4.69) is 21.0 Å². The third-order valence-electron chi connectivity index (χ3n) is 6.44. The highest BCUT2D eigenvalue weighted by molar-refractivity contribution is 5.98. The van der Waals surface area contributed by atoms with Crippen LogP contribution in [0.5, 0.6) is 0 Å². The summed E-state index contributed by atoms with van der Waals surface area (Å²) in [5.74, 6) is -0.597. The number of hydrogen-bond donors (Lipinski definition) is 0. The fourth-order valence-electron chi connectivity index (χ4n) is 4.76. The lowest BCUT2D eigenvalue weighted by molar-refractivity contribution is 0.0145. The molecule has 194 valence electrons. The van der Waals surface area contributed by atoms with E-state index in [-0.39, 0.29) is 17.6 Å². The molecule has 1 aliphatic rings. The van der Waals surface area contributed by atoms with Gasteiger partial charge in [-0.25, -0.2) is 23.5 Å². The van der Waals surface area contributed by atoms with Crippen molar-refractivity contribution in [1.29, 1.82) is 5.26 Å². The number of nitrogens with zero attached hydrogens (tertiary/aromatic N) is 6. The lowest BCUT2D eigenvalue weighted by atomic mass is 10.0. The minimum atomic E-state index is -0.662. The predicted molar refractivity (Wildman–Crippen MR) is 139 cm³/mol. The number of aromatic nitrogens is 3. The summed E-state index contributed by atoms with van der Waals surface area (Å²) < 4.78 is 35.4. The van der Waals surface area contributed by atoms with Crippen molar-refractivity contribution in [3.63, 3.8) is 0 Å². The zero-order valence-electron chi connectivity index (χ0n) is 21.3. The fourth-order valence-corrected chi connectivity index (χ4v) is 4.76. The van der Waals surface area contributed by atoms with Gasteiger partial charge in [-0.05, 0) is 43.7 Å². The van der Waals surface area contributed by atoms with Crippen LogP contribution >= 0.6 is 0 Å². The number of carbonyl (C=O) groups excluding carboxylic acids is 1. The summed E-state index contributed by atoms with van der Waals surface area (Å²) in [7, 11) is 0. The third kappa shape index (κ3) is 4.79. The second-order valence-corrected chi connectivity index (χ2v) is 10.2. The largest absolute Gasteiger partial charge is 0.444 e. The molecular formula is C28H26F2N6O2. The number of amides is 1. The van der Waals surface area contributed by atoms with Crippen molar-refractivity contribution in [2.75, 3.05) is 24.5 Å². The van der Waals surface area contributed by atoms with E-state index in [1.165, 1.54) is 24.7 Å². The average Bonchev–Trinajstić information content (AvgIpc) is 2.87. The van der Waals surface area contributed by atoms with Crippen LogP contribution < -0.4 is 4.90 Å². The van der Waals surface area contributed by atoms with Gasteiger partial charge in [0.1, 0.15) is 34.8 Å². The number of rotatable bonds is 3. The Morgan fingerprint density at radius 3 is 2.71 bits per heavy atom. The minimum absolute atomic E-state index is 0.0652. The van der Waals surface area contributed by atoms with Crippen LogP contribution in [0.25, 0.3) is 32.9 Å². The molecule has 0 radical (unpaired) electrons. The molecule has 0 spiro atoms. The molecule has 0 unspecified atom stereocenters. The summed E-state index contributed by atoms with van der Waals surface area (Å²) in [4.78, 5) is 29.2. The molecule has 0 bridgehead atoms. The van der Waals surface area contributed by atoms with Crippen molar-refractivity contribution in [3.8, 4) is 17.3 Å². The van der Waals surface area contributed by atoms with Gasteiger partial charge in [-0.15, -0.1) is 0 Å². The average molecular weight is 517 g/mol. The summed E-state index contributed by atoms with van der Waals surface area (Å²) in [6.45, 7) is 6.39. The highest BCUT2D eigenvalue weighted by atomic mass is 19.1. The van der Waals surface area contributed by atoms with Gasteiger partial charge in [0.05, 0.1) is 23.9 Å². The minimum Gasteiger partial charge on any atom is -0.444 e. The van der Waals surface area contributed by atoms with E-state index in [9.17, 15) is 14.4 Å². The van der Waals surface area contributed by atoms with E-state index in [0.29, 0.717) is 41.8 Å². The van der Waals surface area contributed by atoms with E-state index in [0.717, 1.165) is 5.39 Å². The predicted octanol–water partition coefficient (Wildman–Crippen LogP) is 5.46. The highest BCUT2D eigenvalue weighted by Gasteiger charge is 2.34. The van der Waals surface area contributed by atoms with Crippen LogP contribution in [0.2, 0.25) is 0 Å². The molecule has 3 heterocycles. The van der Waals surface area contributed by atoms with Crippen LogP contribution in [0.4, 0.5) is 19.4 Å². The summed E-state index contributed by atoms with van der Waals surface area (Å²) in [5.41, 5.74) is -0.0535. The number of carbonyl (C=O) groups is 1. The first-order valence-electron chi connectivity index (χ1n) is 12.3. The van der Waals surface area contributed by atoms with E-state index in [1.54, 1.807) is 43.9 Å². The maximum atomic E-state index is 15.9. The van der Waals surface area contributed by atoms with Gasteiger partial charge in [-0.3, -0.25) is 4.98 Å². The molecule has 10 heteroatoms. The Kier molecular flexibility index (Phi) is 6.53. The summed E-state index contributed by atoms with van der Waals surface area (Å²) in [5, 5.41) is 11.1. The highest BCUT2D eigenvalue weighted by Crippen LogP contribution is 2.34. The quantitative estimate of drug-likeness (QED) is 0.357. The fraction of sp³-hybridized carbons (Fsp3) is 0.321. The van der Waals surface area contributed by atoms with E-state index < -0.39 is 29.4 Å². The van der Waals surface area contributed by atoms with Gasteiger partial charge in [-0.1, -0.05) is 24.3 Å². The first-order valence-corrected chi connectivity index (χ1v) is 12.3. The van der Waals surface area contributed by atoms with Crippen molar-refractivity contribution in [2.45, 2.75) is 38.8 Å². The molecule has 38 heavy (non-hydrogen) atoms. The summed E-state index contributed by atoms with van der Waals surface area (Å²) >= 11 is 0. The normalized spacial score (nSPS) is 16.1. The molecule has 1 atom stereocenters. The zero-order valence-corrected chi connectivity index (χ0v) is 21.3. The Hall–Kier alpha value is -4.39. The van der Waals surface area contributed by atoms with E-state index >= 15 is 4.39 Å². The molecule has 1 saturated heterocycles. The monoisotopic (exact) mass is 516 g/mol. The van der Waals surface area contributed by atoms with Gasteiger partial charge in [0.15, 0.2) is 5.82 Å². The van der Waals surface area contributed by atoms with Crippen molar-refractivity contribution in [1.82, 2.24) is 19.9 Å². The van der Waals surface area contributed by atoms with Crippen LogP contribution in [-0.2, 0) is 4.74 Å². The Labute approximate surface area is 218 Å². The maximum absolute atomic E-state index is 15.9. The molecule has 2 aromatic carbocycles. The van der Waals surface area contributed by atoms with Crippen LogP contribution in [0.1, 0.15) is 27.2 Å². The Morgan fingerprint density at radius 2 is 1.95 bits per heavy atom. The van der Waals surface area contributed by atoms with Crippen LogP contribution in [0.15, 0.2) is 48.9 Å². The molecule has 2 aromatic heterocycles. The number of ether oxygens (including phenoxy) is 1. The van der Waals surface area contributed by atoms with Crippen molar-refractivity contribution < 1.29 is 18.3 Å². The Balaban J connectivity index is 1.51. The van der Waals surface area contributed by atoms with Crippen molar-refractivity contribution in [2.24, 2.45) is 0 Å². The van der Waals surface area contributed by atoms with Gasteiger partial charge in [0.2, 0.25) is 0 Å². The number of pyridine rings is 1. The van der Waals surface area contributed by atoms with E-state index in [4.69, 9.17) is 4.74 Å². The molecule has 1 amide bonds. The molecule has 1 aliphatic heterocycles. The van der Waals surface area contributed by atoms with Gasteiger partial charge >= 0.3 is 6.09 Å². The number of anilines is 1. The lowest BCUT2D eigenvalue weighted by Gasteiger charge is -2.41. The molecule has 0 aliphatic carbocycles. The molecule has 5 rings (SSSR count). The Bertz CT molecular complexity index is 1580. The van der Waals surface area contributed by atoms with Gasteiger partial charge in [0, 0.05) is 31.4 Å². The number of hydrogen-bond acceptors (Lipinski definition) is 7. The molecule has 4 aromatic rings. The third-order valence-corrected chi connectivity index (χ3v) is 6.44. The first-order chi connectivity index (χ1) is 18.2. The van der Waals surface area contributed by atoms with Crippen molar-refractivity contribution >= 4 is 33.6 Å². The standard InChI is InChI=1S/C28H26F2N6O2/c1-28(2,3)38-27(37)36-12-11-35(15-19(36)9-10-31)26-22-14-32-24(23(30)25(22)33-16-34-26)20-6-4-5-17-7-8-18(29)13-21(17)20/h4-8,13-14,16,19H,9,11-12,15H2,1-3H3/t19-/m0/s1. The number of fused-ring (bicyclic) bond motifs is 2. The van der Waals surface area contributed by atoms with Crippen molar-refractivity contribution in [3.05, 3.63) is 60.6 Å². The van der Waals surface area contributed by atoms with Gasteiger partial charge < -0.3 is 14.5 Å².